The summed E-state index contributed by atoms with van der Waals surface area (Å²) in [6.07, 6.45) is 1.62. The molecule has 1 N–H and O–H groups in total. The van der Waals surface area contributed by atoms with Gasteiger partial charge in [-0.2, -0.15) is 0 Å². The number of ether oxygens (including phenoxy) is 3. The van der Waals surface area contributed by atoms with Crippen LogP contribution in [-0.4, -0.2) is 42.0 Å². The molecule has 0 saturated heterocycles. The van der Waals surface area contributed by atoms with Crippen LogP contribution < -0.4 is 20.3 Å². The van der Waals surface area contributed by atoms with E-state index in [1.54, 1.807) is 18.3 Å². The van der Waals surface area contributed by atoms with Crippen molar-refractivity contribution in [3.63, 3.8) is 0 Å². The van der Waals surface area contributed by atoms with Gasteiger partial charge in [0.1, 0.15) is 30.3 Å². The molecule has 0 bridgehead atoms. The Labute approximate surface area is 172 Å². The molecule has 9 nitrogen and oxygen atoms in total. The first kappa shape index (κ1) is 20.8. The summed E-state index contributed by atoms with van der Waals surface area (Å²) < 4.78 is 16.8. The minimum Gasteiger partial charge on any atom is -0.497 e. The lowest BCUT2D eigenvalue weighted by Gasteiger charge is -2.10. The molecule has 1 aromatic carbocycles. The summed E-state index contributed by atoms with van der Waals surface area (Å²) in [6.45, 7) is 1.31. The standard InChI is InChI=1S/C21H21N3O6/c1-13-5-4-6-24-18(25)9-15(23-20(13)24)12-30-19(26)11-22-21(27)14-7-16(28-2)10-17(8-14)29-3/h4-10H,11-12H2,1-3H3,(H,22,27). The van der Waals surface area contributed by atoms with E-state index in [-0.39, 0.29) is 24.3 Å². The average Bonchev–Trinajstić information content (AvgIpc) is 2.76. The second-order valence-electron chi connectivity index (χ2n) is 6.42. The lowest BCUT2D eigenvalue weighted by Crippen LogP contribution is -2.30. The van der Waals surface area contributed by atoms with Crippen molar-refractivity contribution in [2.45, 2.75) is 13.5 Å². The average molecular weight is 411 g/mol. The highest BCUT2D eigenvalue weighted by atomic mass is 16.5. The van der Waals surface area contributed by atoms with Crippen molar-refractivity contribution in [3.8, 4) is 11.5 Å². The second kappa shape index (κ2) is 9.08. The topological polar surface area (TPSA) is 108 Å². The van der Waals surface area contributed by atoms with Crippen molar-refractivity contribution in [2.75, 3.05) is 20.8 Å². The van der Waals surface area contributed by atoms with Gasteiger partial charge >= 0.3 is 5.97 Å². The number of fused-ring (bicyclic) bond motifs is 1. The molecule has 0 saturated carbocycles. The Hall–Kier alpha value is -3.88. The first-order valence-electron chi connectivity index (χ1n) is 9.06. The lowest BCUT2D eigenvalue weighted by atomic mass is 10.2. The number of rotatable bonds is 7. The number of esters is 1. The van der Waals surface area contributed by atoms with Gasteiger partial charge in [-0.15, -0.1) is 0 Å². The molecule has 0 atom stereocenters. The Morgan fingerprint density at radius 2 is 1.80 bits per heavy atom. The summed E-state index contributed by atoms with van der Waals surface area (Å²) in [5.41, 5.74) is 1.65. The van der Waals surface area contributed by atoms with Gasteiger partial charge in [0.15, 0.2) is 0 Å². The predicted molar refractivity (Wildman–Crippen MR) is 108 cm³/mol. The molecule has 0 aliphatic rings. The van der Waals surface area contributed by atoms with E-state index in [0.29, 0.717) is 22.8 Å². The third kappa shape index (κ3) is 4.75. The van der Waals surface area contributed by atoms with Crippen molar-refractivity contribution in [2.24, 2.45) is 0 Å². The minimum atomic E-state index is -0.662. The summed E-state index contributed by atoms with van der Waals surface area (Å²) in [6, 6.07) is 9.58. The molecule has 2 aromatic heterocycles. The Kier molecular flexibility index (Phi) is 6.31. The highest BCUT2D eigenvalue weighted by Crippen LogP contribution is 2.22. The van der Waals surface area contributed by atoms with Gasteiger partial charge < -0.3 is 19.5 Å². The largest absolute Gasteiger partial charge is 0.497 e. The molecule has 0 aliphatic carbocycles. The molecule has 156 valence electrons. The summed E-state index contributed by atoms with van der Waals surface area (Å²) in [4.78, 5) is 40.9. The number of nitrogens with zero attached hydrogens (tertiary/aromatic N) is 2. The number of methoxy groups -OCH3 is 2. The highest BCUT2D eigenvalue weighted by Gasteiger charge is 2.13. The second-order valence-corrected chi connectivity index (χ2v) is 6.42. The first-order chi connectivity index (χ1) is 14.4. The molecule has 1 amide bonds. The molecule has 0 aliphatic heterocycles. The molecule has 3 rings (SSSR count). The van der Waals surface area contributed by atoms with Gasteiger partial charge in [-0.05, 0) is 30.7 Å². The van der Waals surface area contributed by atoms with Crippen LogP contribution in [0.3, 0.4) is 0 Å². The molecule has 0 radical (unpaired) electrons. The number of hydrogen-bond donors (Lipinski definition) is 1. The normalized spacial score (nSPS) is 10.5. The van der Waals surface area contributed by atoms with Crippen molar-refractivity contribution >= 4 is 17.5 Å². The maximum Gasteiger partial charge on any atom is 0.325 e. The van der Waals surface area contributed by atoms with Crippen molar-refractivity contribution in [3.05, 3.63) is 69.8 Å². The zero-order valence-electron chi connectivity index (χ0n) is 16.8. The van der Waals surface area contributed by atoms with Crippen LogP contribution in [0.1, 0.15) is 21.6 Å². The molecular formula is C21H21N3O6. The van der Waals surface area contributed by atoms with Crippen LogP contribution in [0.4, 0.5) is 0 Å². The van der Waals surface area contributed by atoms with Crippen LogP contribution in [0.5, 0.6) is 11.5 Å². The Morgan fingerprint density at radius 3 is 2.47 bits per heavy atom. The SMILES string of the molecule is COc1cc(OC)cc(C(=O)NCC(=O)OCc2cc(=O)n3cccc(C)c3n2)c1. The van der Waals surface area contributed by atoms with Crippen LogP contribution in [0.25, 0.3) is 5.65 Å². The maximum absolute atomic E-state index is 12.3. The zero-order valence-corrected chi connectivity index (χ0v) is 16.8. The van der Waals surface area contributed by atoms with Crippen LogP contribution in [0, 0.1) is 6.92 Å². The molecule has 9 heteroatoms. The number of amides is 1. The van der Waals surface area contributed by atoms with E-state index in [1.165, 1.54) is 36.8 Å². The zero-order chi connectivity index (χ0) is 21.7. The quantitative estimate of drug-likeness (QED) is 0.587. The Balaban J connectivity index is 1.60. The van der Waals surface area contributed by atoms with Crippen LogP contribution in [0.2, 0.25) is 0 Å². The summed E-state index contributed by atoms with van der Waals surface area (Å²) in [7, 11) is 2.95. The summed E-state index contributed by atoms with van der Waals surface area (Å²) >= 11 is 0. The van der Waals surface area contributed by atoms with E-state index in [1.807, 2.05) is 13.0 Å². The van der Waals surface area contributed by atoms with E-state index in [0.717, 1.165) is 5.56 Å². The molecule has 0 spiro atoms. The fourth-order valence-electron chi connectivity index (χ4n) is 2.78. The molecule has 0 fully saturated rings. The van der Waals surface area contributed by atoms with Gasteiger partial charge in [-0.3, -0.25) is 18.8 Å². The number of aryl methyl sites for hydroxylation is 1. The molecule has 0 unspecified atom stereocenters. The van der Waals surface area contributed by atoms with Crippen molar-refractivity contribution in [1.29, 1.82) is 0 Å². The highest BCUT2D eigenvalue weighted by molar-refractivity contribution is 5.96. The first-order valence-corrected chi connectivity index (χ1v) is 9.06. The van der Waals surface area contributed by atoms with Gasteiger partial charge in [-0.1, -0.05) is 6.07 Å². The number of benzene rings is 1. The van der Waals surface area contributed by atoms with Gasteiger partial charge in [0.05, 0.1) is 19.9 Å². The number of carbonyl (C=O) groups excluding carboxylic acids is 2. The third-order valence-corrected chi connectivity index (χ3v) is 4.33. The maximum atomic E-state index is 12.3. The van der Waals surface area contributed by atoms with Gasteiger partial charge in [-0.25, -0.2) is 4.98 Å². The van der Waals surface area contributed by atoms with Crippen molar-refractivity contribution < 1.29 is 23.8 Å². The van der Waals surface area contributed by atoms with Gasteiger partial charge in [0.25, 0.3) is 11.5 Å². The number of hydrogen-bond acceptors (Lipinski definition) is 7. The molecule has 30 heavy (non-hydrogen) atoms. The fourth-order valence-corrected chi connectivity index (χ4v) is 2.78. The number of pyridine rings is 1. The minimum absolute atomic E-state index is 0.179. The Morgan fingerprint density at radius 1 is 1.10 bits per heavy atom. The molecular weight excluding hydrogens is 390 g/mol. The van der Waals surface area contributed by atoms with E-state index >= 15 is 0 Å². The predicted octanol–water partition coefficient (Wildman–Crippen LogP) is 1.49. The van der Waals surface area contributed by atoms with Gasteiger partial charge in [0.2, 0.25) is 0 Å². The third-order valence-electron chi connectivity index (χ3n) is 4.33. The van der Waals surface area contributed by atoms with E-state index in [9.17, 15) is 14.4 Å². The van der Waals surface area contributed by atoms with Crippen molar-refractivity contribution in [1.82, 2.24) is 14.7 Å². The monoisotopic (exact) mass is 411 g/mol. The van der Waals surface area contributed by atoms with E-state index < -0.39 is 11.9 Å². The van der Waals surface area contributed by atoms with Gasteiger partial charge in [0, 0.05) is 23.9 Å². The Bertz CT molecular complexity index is 1130. The smallest absolute Gasteiger partial charge is 0.325 e. The van der Waals surface area contributed by atoms with E-state index in [4.69, 9.17) is 14.2 Å². The van der Waals surface area contributed by atoms with E-state index in [2.05, 4.69) is 10.3 Å². The lowest BCUT2D eigenvalue weighted by molar-refractivity contribution is -0.143. The number of aromatic nitrogens is 2. The van der Waals surface area contributed by atoms with Crippen LogP contribution in [0.15, 0.2) is 47.4 Å². The number of carbonyl (C=O) groups is 2. The molecule has 3 aromatic rings. The van der Waals surface area contributed by atoms with Crippen LogP contribution >= 0.6 is 0 Å². The van der Waals surface area contributed by atoms with Crippen LogP contribution in [-0.2, 0) is 16.1 Å². The number of nitrogens with one attached hydrogen (secondary N) is 1. The fraction of sp³-hybridized carbons (Fsp3) is 0.238. The molecule has 2 heterocycles. The summed E-state index contributed by atoms with van der Waals surface area (Å²) in [5, 5.41) is 2.48. The summed E-state index contributed by atoms with van der Waals surface area (Å²) in [5.74, 6) is -0.246.